The number of carbonyl (C=O) groups excluding carboxylic acids is 2. The van der Waals surface area contributed by atoms with Gasteiger partial charge in [0.25, 0.3) is 5.91 Å². The molecule has 4 rings (SSSR count). The van der Waals surface area contributed by atoms with E-state index in [1.165, 1.54) is 6.07 Å². The maximum atomic E-state index is 14.8. The average molecular weight is 462 g/mol. The van der Waals surface area contributed by atoms with Crippen LogP contribution in [0.2, 0.25) is 0 Å². The minimum Gasteiger partial charge on any atom is -0.492 e. The quantitative estimate of drug-likeness (QED) is 0.421. The van der Waals surface area contributed by atoms with E-state index in [2.05, 4.69) is 5.32 Å². The van der Waals surface area contributed by atoms with E-state index in [1.807, 2.05) is 19.1 Å². The lowest BCUT2D eigenvalue weighted by molar-refractivity contribution is -0.160. The highest BCUT2D eigenvalue weighted by molar-refractivity contribution is 5.98. The molecule has 3 aromatic carbocycles. The van der Waals surface area contributed by atoms with Gasteiger partial charge in [-0.2, -0.15) is 0 Å². The molecule has 34 heavy (non-hydrogen) atoms. The Hall–Kier alpha value is -3.67. The zero-order valence-electron chi connectivity index (χ0n) is 19.1. The predicted molar refractivity (Wildman–Crippen MR) is 128 cm³/mol. The summed E-state index contributed by atoms with van der Waals surface area (Å²) < 4.78 is 26.3. The predicted octanol–water partition coefficient (Wildman–Crippen LogP) is 5.96. The van der Waals surface area contributed by atoms with Crippen molar-refractivity contribution in [3.8, 4) is 5.75 Å². The van der Waals surface area contributed by atoms with Gasteiger partial charge in [0.05, 0.1) is 17.7 Å². The van der Waals surface area contributed by atoms with Crippen LogP contribution in [-0.4, -0.2) is 18.5 Å². The Bertz CT molecular complexity index is 1140. The van der Waals surface area contributed by atoms with Crippen LogP contribution in [0.15, 0.2) is 78.9 Å². The van der Waals surface area contributed by atoms with Crippen molar-refractivity contribution < 1.29 is 23.5 Å². The second kappa shape index (κ2) is 10.5. The Balaban J connectivity index is 1.65. The topological polar surface area (TPSA) is 64.6 Å². The van der Waals surface area contributed by atoms with Gasteiger partial charge in [0.15, 0.2) is 0 Å². The molecular weight excluding hydrogens is 433 g/mol. The van der Waals surface area contributed by atoms with Crippen molar-refractivity contribution in [3.63, 3.8) is 0 Å². The van der Waals surface area contributed by atoms with Gasteiger partial charge >= 0.3 is 5.97 Å². The summed E-state index contributed by atoms with van der Waals surface area (Å²) in [4.78, 5) is 27.0. The first-order valence-electron chi connectivity index (χ1n) is 11.6. The Labute approximate surface area is 198 Å². The number of hydrogen-bond acceptors (Lipinski definition) is 4. The van der Waals surface area contributed by atoms with Crippen LogP contribution in [0.5, 0.6) is 5.75 Å². The summed E-state index contributed by atoms with van der Waals surface area (Å²) >= 11 is 0. The minimum atomic E-state index is -1.20. The molecule has 5 nitrogen and oxygen atoms in total. The van der Waals surface area contributed by atoms with Crippen molar-refractivity contribution in [2.45, 2.75) is 44.1 Å². The number of hydrogen-bond donors (Lipinski definition) is 1. The number of halogens is 1. The zero-order chi connectivity index (χ0) is 24.0. The van der Waals surface area contributed by atoms with Crippen LogP contribution < -0.4 is 10.1 Å². The third-order valence-corrected chi connectivity index (χ3v) is 6.25. The number of ether oxygens (including phenoxy) is 2. The van der Waals surface area contributed by atoms with Gasteiger partial charge in [0.1, 0.15) is 11.6 Å². The number of nitrogens with one attached hydrogen (secondary N) is 1. The smallest absolute Gasteiger partial charge is 0.317 e. The fourth-order valence-corrected chi connectivity index (χ4v) is 4.58. The van der Waals surface area contributed by atoms with Gasteiger partial charge in [-0.15, -0.1) is 0 Å². The third-order valence-electron chi connectivity index (χ3n) is 6.25. The SMILES string of the molecule is CCOc1ccccc1NC(=O)[C@H](OC(=O)C1(c2ccccc2F)CCCC1)c1ccccc1. The minimum absolute atomic E-state index is 0.325. The van der Waals surface area contributed by atoms with E-state index in [0.29, 0.717) is 42.0 Å². The highest BCUT2D eigenvalue weighted by Gasteiger charge is 2.47. The summed E-state index contributed by atoms with van der Waals surface area (Å²) in [5.74, 6) is -1.01. The van der Waals surface area contributed by atoms with E-state index in [4.69, 9.17) is 9.47 Å². The molecule has 0 saturated heterocycles. The lowest BCUT2D eigenvalue weighted by Crippen LogP contribution is -2.38. The molecule has 0 aromatic heterocycles. The number of benzene rings is 3. The van der Waals surface area contributed by atoms with Gasteiger partial charge in [-0.1, -0.05) is 73.5 Å². The van der Waals surface area contributed by atoms with Crippen molar-refractivity contribution in [3.05, 3.63) is 95.8 Å². The van der Waals surface area contributed by atoms with Crippen molar-refractivity contribution in [1.29, 1.82) is 0 Å². The van der Waals surface area contributed by atoms with E-state index in [-0.39, 0.29) is 0 Å². The lowest BCUT2D eigenvalue weighted by atomic mass is 9.78. The molecule has 0 radical (unpaired) electrons. The molecule has 0 heterocycles. The molecule has 0 unspecified atom stereocenters. The molecule has 1 aliphatic carbocycles. The lowest BCUT2D eigenvalue weighted by Gasteiger charge is -2.30. The summed E-state index contributed by atoms with van der Waals surface area (Å²) in [7, 11) is 0. The average Bonchev–Trinajstić information content (AvgIpc) is 3.35. The van der Waals surface area contributed by atoms with E-state index < -0.39 is 29.2 Å². The summed E-state index contributed by atoms with van der Waals surface area (Å²) in [6, 6.07) is 22.2. The highest BCUT2D eigenvalue weighted by Crippen LogP contribution is 2.44. The second-order valence-corrected chi connectivity index (χ2v) is 8.38. The molecule has 6 heteroatoms. The second-order valence-electron chi connectivity index (χ2n) is 8.38. The molecule has 1 N–H and O–H groups in total. The first kappa shape index (κ1) is 23.5. The fourth-order valence-electron chi connectivity index (χ4n) is 4.58. The van der Waals surface area contributed by atoms with Gasteiger partial charge in [-0.25, -0.2) is 4.39 Å². The van der Waals surface area contributed by atoms with Crippen molar-refractivity contribution in [1.82, 2.24) is 0 Å². The van der Waals surface area contributed by atoms with Crippen LogP contribution in [-0.2, 0) is 19.7 Å². The molecule has 0 bridgehead atoms. The van der Waals surface area contributed by atoms with Crippen molar-refractivity contribution in [2.24, 2.45) is 0 Å². The van der Waals surface area contributed by atoms with Crippen LogP contribution in [0.25, 0.3) is 0 Å². The third kappa shape index (κ3) is 4.81. The van der Waals surface area contributed by atoms with E-state index in [0.717, 1.165) is 12.8 Å². The van der Waals surface area contributed by atoms with E-state index >= 15 is 0 Å². The molecule has 3 aromatic rings. The van der Waals surface area contributed by atoms with Crippen LogP contribution in [0.4, 0.5) is 10.1 Å². The number of esters is 1. The molecule has 0 spiro atoms. The van der Waals surface area contributed by atoms with Crippen LogP contribution in [0.1, 0.15) is 49.8 Å². The van der Waals surface area contributed by atoms with Gasteiger partial charge < -0.3 is 14.8 Å². The van der Waals surface area contributed by atoms with Gasteiger partial charge in [-0.3, -0.25) is 9.59 Å². The molecule has 1 aliphatic rings. The summed E-state index contributed by atoms with van der Waals surface area (Å²) in [5, 5.41) is 2.84. The molecule has 1 saturated carbocycles. The van der Waals surface area contributed by atoms with Crippen molar-refractivity contribution >= 4 is 17.6 Å². The Morgan fingerprint density at radius 2 is 1.59 bits per heavy atom. The zero-order valence-corrected chi connectivity index (χ0v) is 19.1. The molecule has 1 amide bonds. The fraction of sp³-hybridized carbons (Fsp3) is 0.286. The number of para-hydroxylation sites is 2. The molecule has 1 atom stereocenters. The summed E-state index contributed by atoms with van der Waals surface area (Å²) in [6.45, 7) is 2.30. The summed E-state index contributed by atoms with van der Waals surface area (Å²) in [6.07, 6.45) is 1.32. The summed E-state index contributed by atoms with van der Waals surface area (Å²) in [5.41, 5.74) is 0.230. The van der Waals surface area contributed by atoms with Gasteiger partial charge in [0.2, 0.25) is 6.10 Å². The maximum absolute atomic E-state index is 14.8. The maximum Gasteiger partial charge on any atom is 0.317 e. The molecule has 176 valence electrons. The largest absolute Gasteiger partial charge is 0.492 e. The van der Waals surface area contributed by atoms with Crippen molar-refractivity contribution in [2.75, 3.05) is 11.9 Å². The highest BCUT2D eigenvalue weighted by atomic mass is 19.1. The molecule has 1 fully saturated rings. The van der Waals surface area contributed by atoms with Crippen LogP contribution in [0.3, 0.4) is 0 Å². The Morgan fingerprint density at radius 3 is 2.29 bits per heavy atom. The van der Waals surface area contributed by atoms with Crippen LogP contribution in [0, 0.1) is 5.82 Å². The van der Waals surface area contributed by atoms with Gasteiger partial charge in [0, 0.05) is 11.1 Å². The molecular formula is C28H28FNO4. The Morgan fingerprint density at radius 1 is 0.941 bits per heavy atom. The molecule has 0 aliphatic heterocycles. The first-order valence-corrected chi connectivity index (χ1v) is 11.6. The number of anilines is 1. The first-order chi connectivity index (χ1) is 16.5. The normalized spacial score (nSPS) is 15.4. The number of rotatable bonds is 8. The standard InChI is InChI=1S/C28H28FNO4/c1-2-33-24-17-9-8-16-23(24)30-26(31)25(20-12-4-3-5-13-20)34-27(32)28(18-10-11-19-28)21-14-6-7-15-22(21)29/h3-9,12-17,25H,2,10-11,18-19H2,1H3,(H,30,31)/t25-/m1/s1. The van der Waals surface area contributed by atoms with E-state index in [1.54, 1.807) is 60.7 Å². The van der Waals surface area contributed by atoms with Gasteiger partial charge in [-0.05, 0) is 38.0 Å². The van der Waals surface area contributed by atoms with E-state index in [9.17, 15) is 14.0 Å². The number of carbonyl (C=O) groups is 2. The van der Waals surface area contributed by atoms with Crippen LogP contribution >= 0.6 is 0 Å². The monoisotopic (exact) mass is 461 g/mol. The Kier molecular flexibility index (Phi) is 7.26. The number of amides is 1.